The van der Waals surface area contributed by atoms with Gasteiger partial charge in [-0.2, -0.15) is 13.2 Å². The van der Waals surface area contributed by atoms with Gasteiger partial charge in [0, 0.05) is 47.6 Å². The quantitative estimate of drug-likeness (QED) is 0.331. The minimum Gasteiger partial charge on any atom is -0.495 e. The summed E-state index contributed by atoms with van der Waals surface area (Å²) >= 11 is 6.16. The SMILES string of the molecule is COc1cn(C(C[C@@H]2CCCCO2)C(=O)NC2=CN3C=C(C(=O)O)NC3(C)C=C2)c(=O)cc1-c1cc(Cl)ccc1OCC(F)(F)F. The van der Waals surface area contributed by atoms with Crippen LogP contribution in [0.3, 0.4) is 0 Å². The second-order valence-electron chi connectivity index (χ2n) is 11.2. The maximum atomic E-state index is 13.9. The molecule has 11 nitrogen and oxygen atoms in total. The number of alkyl halides is 3. The van der Waals surface area contributed by atoms with Crippen molar-refractivity contribution in [3.05, 3.63) is 81.8 Å². The number of amides is 1. The van der Waals surface area contributed by atoms with Crippen molar-refractivity contribution >= 4 is 23.5 Å². The Morgan fingerprint density at radius 1 is 1.22 bits per heavy atom. The second kappa shape index (κ2) is 13.1. The molecule has 2 aromatic rings. The van der Waals surface area contributed by atoms with Gasteiger partial charge in [0.1, 0.15) is 28.9 Å². The van der Waals surface area contributed by atoms with Crippen LogP contribution in [0.4, 0.5) is 13.2 Å². The number of carbonyl (C=O) groups excluding carboxylic acids is 1. The molecule has 3 aliphatic rings. The Morgan fingerprint density at radius 2 is 1.98 bits per heavy atom. The third-order valence-electron chi connectivity index (χ3n) is 7.84. The zero-order valence-corrected chi connectivity index (χ0v) is 25.7. The third-order valence-corrected chi connectivity index (χ3v) is 8.08. The van der Waals surface area contributed by atoms with Crippen LogP contribution in [0.15, 0.2) is 71.2 Å². The Bertz CT molecular complexity index is 1670. The molecular weight excluding hydrogens is 633 g/mol. The monoisotopic (exact) mass is 664 g/mol. The molecule has 0 radical (unpaired) electrons. The number of hydrogen-bond donors (Lipinski definition) is 3. The van der Waals surface area contributed by atoms with Crippen molar-refractivity contribution in [2.24, 2.45) is 0 Å². The molecule has 1 aromatic carbocycles. The number of benzene rings is 1. The lowest BCUT2D eigenvalue weighted by Gasteiger charge is -2.35. The fourth-order valence-corrected chi connectivity index (χ4v) is 5.70. The molecule has 5 rings (SSSR count). The van der Waals surface area contributed by atoms with E-state index in [0.717, 1.165) is 18.9 Å². The predicted molar refractivity (Wildman–Crippen MR) is 161 cm³/mol. The van der Waals surface area contributed by atoms with Gasteiger partial charge < -0.3 is 34.9 Å². The summed E-state index contributed by atoms with van der Waals surface area (Å²) in [4.78, 5) is 40.7. The summed E-state index contributed by atoms with van der Waals surface area (Å²) in [7, 11) is 1.32. The summed E-state index contributed by atoms with van der Waals surface area (Å²) in [5, 5.41) is 15.3. The van der Waals surface area contributed by atoms with Crippen LogP contribution in [0.1, 0.15) is 38.6 Å². The van der Waals surface area contributed by atoms with Gasteiger partial charge in [0.25, 0.3) is 5.56 Å². The number of halogens is 4. The number of pyridine rings is 1. The molecule has 46 heavy (non-hydrogen) atoms. The number of allylic oxidation sites excluding steroid dienone is 1. The molecule has 4 heterocycles. The molecular formula is C31H32ClF3N4O7. The molecule has 3 atom stereocenters. The highest BCUT2D eigenvalue weighted by atomic mass is 35.5. The Balaban J connectivity index is 1.49. The Morgan fingerprint density at radius 3 is 2.65 bits per heavy atom. The third kappa shape index (κ3) is 7.34. The number of carboxylic acids is 1. The lowest BCUT2D eigenvalue weighted by molar-refractivity contribution is -0.153. The van der Waals surface area contributed by atoms with Crippen LogP contribution in [-0.2, 0) is 14.3 Å². The molecule has 0 aliphatic carbocycles. The minimum atomic E-state index is -4.60. The number of hydrogen-bond acceptors (Lipinski definition) is 8. The maximum Gasteiger partial charge on any atom is 0.422 e. The molecule has 1 amide bonds. The van der Waals surface area contributed by atoms with Crippen molar-refractivity contribution in [1.82, 2.24) is 20.1 Å². The standard InChI is InChI=1S/C31H32ClF3N4O7/c1-30-9-8-19(14-38(30)15-23(37-30)29(42)43)36-28(41)24(12-20-5-3-4-10-45-20)39-16-26(44-2)22(13-27(39)40)21-11-18(32)6-7-25(21)46-17-31(33,34)35/h6-9,11,13-16,20,24,37H,3-5,10,12,17H2,1-2H3,(H,36,41)(H,42,43)/t20-,24?,30?/m0/s1. The lowest BCUT2D eigenvalue weighted by atomic mass is 10.00. The summed E-state index contributed by atoms with van der Waals surface area (Å²) in [6, 6.07) is 4.08. The van der Waals surface area contributed by atoms with E-state index in [0.29, 0.717) is 18.7 Å². The number of aromatic nitrogens is 1. The van der Waals surface area contributed by atoms with E-state index in [2.05, 4.69) is 10.6 Å². The molecule has 3 N–H and O–H groups in total. The summed E-state index contributed by atoms with van der Waals surface area (Å²) in [5.74, 6) is -1.76. The van der Waals surface area contributed by atoms with Crippen LogP contribution in [-0.4, -0.2) is 64.7 Å². The number of nitrogens with zero attached hydrogens (tertiary/aromatic N) is 2. The number of fused-ring (bicyclic) bond motifs is 1. The first-order chi connectivity index (χ1) is 21.8. The zero-order chi connectivity index (χ0) is 33.2. The molecule has 0 bridgehead atoms. The van der Waals surface area contributed by atoms with E-state index in [1.807, 2.05) is 0 Å². The largest absolute Gasteiger partial charge is 0.495 e. The lowest BCUT2D eigenvalue weighted by Crippen LogP contribution is -2.48. The first-order valence-electron chi connectivity index (χ1n) is 14.4. The first-order valence-corrected chi connectivity index (χ1v) is 14.8. The van der Waals surface area contributed by atoms with Gasteiger partial charge >= 0.3 is 12.1 Å². The van der Waals surface area contributed by atoms with E-state index in [1.54, 1.807) is 30.2 Å². The molecule has 3 aliphatic heterocycles. The summed E-state index contributed by atoms with van der Waals surface area (Å²) < 4.78 is 56.5. The Kier molecular flexibility index (Phi) is 9.40. The normalized spacial score (nSPS) is 21.4. The summed E-state index contributed by atoms with van der Waals surface area (Å²) in [5.41, 5.74) is -0.927. The van der Waals surface area contributed by atoms with Crippen LogP contribution in [0.5, 0.6) is 11.5 Å². The topological polar surface area (TPSA) is 131 Å². The van der Waals surface area contributed by atoms with Crippen molar-refractivity contribution in [3.63, 3.8) is 0 Å². The molecule has 0 spiro atoms. The van der Waals surface area contributed by atoms with Crippen LogP contribution in [0.25, 0.3) is 11.1 Å². The zero-order valence-electron chi connectivity index (χ0n) is 24.9. The smallest absolute Gasteiger partial charge is 0.422 e. The van der Waals surface area contributed by atoms with Gasteiger partial charge in [-0.1, -0.05) is 11.6 Å². The summed E-state index contributed by atoms with van der Waals surface area (Å²) in [6.45, 7) is 0.717. The number of nitrogens with one attached hydrogen (secondary N) is 2. The number of carboxylic acid groups (broad SMARTS) is 1. The van der Waals surface area contributed by atoms with Crippen molar-refractivity contribution in [2.75, 3.05) is 20.3 Å². The van der Waals surface area contributed by atoms with E-state index < -0.39 is 41.9 Å². The van der Waals surface area contributed by atoms with E-state index in [9.17, 15) is 32.7 Å². The number of methoxy groups -OCH3 is 1. The fraction of sp³-hybridized carbons (Fsp3) is 0.387. The molecule has 1 saturated heterocycles. The molecule has 1 fully saturated rings. The van der Waals surface area contributed by atoms with Crippen molar-refractivity contribution in [3.8, 4) is 22.6 Å². The minimum absolute atomic E-state index is 0.0197. The van der Waals surface area contributed by atoms with Crippen molar-refractivity contribution in [1.29, 1.82) is 0 Å². The summed E-state index contributed by atoms with van der Waals surface area (Å²) in [6.07, 6.45) is 5.29. The van der Waals surface area contributed by atoms with Gasteiger partial charge in [0.15, 0.2) is 6.61 Å². The van der Waals surface area contributed by atoms with Gasteiger partial charge in [0.2, 0.25) is 5.91 Å². The van der Waals surface area contributed by atoms with Gasteiger partial charge in [-0.15, -0.1) is 0 Å². The number of rotatable bonds is 10. The molecule has 0 saturated carbocycles. The van der Waals surface area contributed by atoms with Gasteiger partial charge in [-0.05, 0) is 56.5 Å². The van der Waals surface area contributed by atoms with Crippen LogP contribution in [0, 0.1) is 0 Å². The van der Waals surface area contributed by atoms with E-state index in [1.165, 1.54) is 42.3 Å². The molecule has 246 valence electrons. The van der Waals surface area contributed by atoms with Crippen molar-refractivity contribution < 1.29 is 42.1 Å². The van der Waals surface area contributed by atoms with E-state index in [4.69, 9.17) is 25.8 Å². The van der Waals surface area contributed by atoms with Crippen LogP contribution < -0.4 is 25.7 Å². The van der Waals surface area contributed by atoms with Crippen LogP contribution in [0.2, 0.25) is 5.02 Å². The second-order valence-corrected chi connectivity index (χ2v) is 11.7. The molecule has 15 heteroatoms. The van der Waals surface area contributed by atoms with Gasteiger partial charge in [-0.3, -0.25) is 14.2 Å². The number of ether oxygens (including phenoxy) is 3. The highest BCUT2D eigenvalue weighted by Gasteiger charge is 2.38. The Hall–Kier alpha value is -4.43. The van der Waals surface area contributed by atoms with E-state index >= 15 is 0 Å². The predicted octanol–water partition coefficient (Wildman–Crippen LogP) is 4.69. The van der Waals surface area contributed by atoms with E-state index in [-0.39, 0.29) is 45.9 Å². The maximum absolute atomic E-state index is 13.9. The number of aliphatic carboxylic acids is 1. The average molecular weight is 665 g/mol. The van der Waals surface area contributed by atoms with Crippen LogP contribution >= 0.6 is 11.6 Å². The van der Waals surface area contributed by atoms with Crippen molar-refractivity contribution in [2.45, 2.75) is 56.6 Å². The first kappa shape index (κ1) is 32.9. The highest BCUT2D eigenvalue weighted by Crippen LogP contribution is 2.39. The molecule has 1 aromatic heterocycles. The highest BCUT2D eigenvalue weighted by molar-refractivity contribution is 6.31. The number of carbonyl (C=O) groups is 2. The van der Waals surface area contributed by atoms with Gasteiger partial charge in [0.05, 0.1) is 25.1 Å². The fourth-order valence-electron chi connectivity index (χ4n) is 5.53. The average Bonchev–Trinajstić information content (AvgIpc) is 3.36. The molecule has 2 unspecified atom stereocenters. The Labute approximate surface area is 266 Å². The van der Waals surface area contributed by atoms with Gasteiger partial charge in [-0.25, -0.2) is 4.79 Å².